The molecular weight excluding hydrogens is 330 g/mol. The molecule has 4 rings (SSSR count). The maximum Gasteiger partial charge on any atom is 0.271 e. The molecule has 0 unspecified atom stereocenters. The monoisotopic (exact) mass is 349 g/mol. The first-order valence-corrected chi connectivity index (χ1v) is 8.44. The number of carbonyl (C=O) groups excluding carboxylic acids is 1. The molecule has 132 valence electrons. The number of phenolic OH excluding ortho intramolecular Hbond substituents is 1. The lowest BCUT2D eigenvalue weighted by Crippen LogP contribution is -2.26. The molecule has 1 amide bonds. The number of hydrogen-bond donors (Lipinski definition) is 3. The van der Waals surface area contributed by atoms with Gasteiger partial charge in [-0.3, -0.25) is 4.79 Å². The minimum Gasteiger partial charge on any atom is -0.508 e. The Hall–Kier alpha value is -3.28. The fourth-order valence-electron chi connectivity index (χ4n) is 3.25. The second-order valence-electron chi connectivity index (χ2n) is 6.35. The number of aromatic amines is 1. The number of phenols is 1. The van der Waals surface area contributed by atoms with E-state index in [0.717, 1.165) is 22.6 Å². The maximum absolute atomic E-state index is 12.4. The molecule has 0 radical (unpaired) electrons. The number of hydrogen-bond acceptors (Lipinski definition) is 4. The van der Waals surface area contributed by atoms with Gasteiger partial charge in [-0.15, -0.1) is 0 Å². The molecule has 26 heavy (non-hydrogen) atoms. The molecule has 0 aliphatic carbocycles. The Labute approximate surface area is 150 Å². The Balaban J connectivity index is 1.68. The van der Waals surface area contributed by atoms with Gasteiger partial charge in [0.05, 0.1) is 7.11 Å². The minimum atomic E-state index is -0.174. The standard InChI is InChI=1S/C20H19N3O3/c1-26-16-4-2-3-13(9-16)14-10-17-18(20(25)21-11-14)23-19(22-17)12-5-7-15(24)8-6-12/h2-9,14,24H,10-11H2,1H3,(H,21,25)(H,22,23)/t14-/m0/s1. The summed E-state index contributed by atoms with van der Waals surface area (Å²) in [7, 11) is 1.64. The minimum absolute atomic E-state index is 0.128. The molecule has 2 heterocycles. The summed E-state index contributed by atoms with van der Waals surface area (Å²) < 4.78 is 5.31. The van der Waals surface area contributed by atoms with Crippen molar-refractivity contribution in [3.05, 3.63) is 65.5 Å². The zero-order valence-corrected chi connectivity index (χ0v) is 14.3. The molecule has 6 nitrogen and oxygen atoms in total. The summed E-state index contributed by atoms with van der Waals surface area (Å²) >= 11 is 0. The van der Waals surface area contributed by atoms with Crippen LogP contribution >= 0.6 is 0 Å². The number of nitrogens with zero attached hydrogens (tertiary/aromatic N) is 1. The molecule has 1 aromatic heterocycles. The SMILES string of the molecule is COc1cccc([C@@H]2CNC(=O)c3nc(-c4ccc(O)cc4)[nH]c3C2)c1. The van der Waals surface area contributed by atoms with Crippen molar-refractivity contribution < 1.29 is 14.6 Å². The summed E-state index contributed by atoms with van der Waals surface area (Å²) in [5.74, 6) is 1.57. The third kappa shape index (κ3) is 3.01. The summed E-state index contributed by atoms with van der Waals surface area (Å²) in [4.78, 5) is 20.2. The van der Waals surface area contributed by atoms with Crippen molar-refractivity contribution in [1.29, 1.82) is 0 Å². The van der Waals surface area contributed by atoms with E-state index in [2.05, 4.69) is 15.3 Å². The molecule has 1 aliphatic heterocycles. The quantitative estimate of drug-likeness (QED) is 0.678. The third-order valence-electron chi connectivity index (χ3n) is 4.66. The summed E-state index contributed by atoms with van der Waals surface area (Å²) in [5, 5.41) is 12.4. The Morgan fingerprint density at radius 1 is 1.19 bits per heavy atom. The van der Waals surface area contributed by atoms with Gasteiger partial charge in [-0.05, 0) is 48.4 Å². The number of aromatic nitrogens is 2. The van der Waals surface area contributed by atoms with Crippen molar-refractivity contribution in [2.75, 3.05) is 13.7 Å². The predicted octanol–water partition coefficient (Wildman–Crippen LogP) is 2.86. The first-order chi connectivity index (χ1) is 12.6. The van der Waals surface area contributed by atoms with E-state index in [1.165, 1.54) is 0 Å². The van der Waals surface area contributed by atoms with E-state index in [0.29, 0.717) is 24.5 Å². The van der Waals surface area contributed by atoms with E-state index in [9.17, 15) is 9.90 Å². The number of fused-ring (bicyclic) bond motifs is 1. The zero-order valence-electron chi connectivity index (χ0n) is 14.3. The zero-order chi connectivity index (χ0) is 18.1. The molecule has 1 aliphatic rings. The van der Waals surface area contributed by atoms with Gasteiger partial charge in [-0.25, -0.2) is 4.98 Å². The molecular formula is C20H19N3O3. The molecule has 1 atom stereocenters. The van der Waals surface area contributed by atoms with E-state index < -0.39 is 0 Å². The molecule has 2 aromatic carbocycles. The van der Waals surface area contributed by atoms with Gasteiger partial charge in [0.15, 0.2) is 0 Å². The Kier molecular flexibility index (Phi) is 4.08. The highest BCUT2D eigenvalue weighted by Gasteiger charge is 2.26. The van der Waals surface area contributed by atoms with Crippen LogP contribution in [0.25, 0.3) is 11.4 Å². The fourth-order valence-corrected chi connectivity index (χ4v) is 3.25. The van der Waals surface area contributed by atoms with Crippen LogP contribution in [0.15, 0.2) is 48.5 Å². The molecule has 0 saturated heterocycles. The Morgan fingerprint density at radius 3 is 2.77 bits per heavy atom. The maximum atomic E-state index is 12.4. The van der Waals surface area contributed by atoms with Gasteiger partial charge in [0, 0.05) is 23.7 Å². The average molecular weight is 349 g/mol. The number of ether oxygens (including phenoxy) is 1. The number of imidazole rings is 1. The van der Waals surface area contributed by atoms with Crippen LogP contribution in [0, 0.1) is 0 Å². The molecule has 0 bridgehead atoms. The lowest BCUT2D eigenvalue weighted by molar-refractivity contribution is 0.0950. The van der Waals surface area contributed by atoms with Crippen LogP contribution in [-0.4, -0.2) is 34.6 Å². The smallest absolute Gasteiger partial charge is 0.271 e. The van der Waals surface area contributed by atoms with Crippen molar-refractivity contribution in [1.82, 2.24) is 15.3 Å². The van der Waals surface area contributed by atoms with Crippen molar-refractivity contribution in [3.63, 3.8) is 0 Å². The van der Waals surface area contributed by atoms with Crippen LogP contribution in [-0.2, 0) is 6.42 Å². The first-order valence-electron chi connectivity index (χ1n) is 8.44. The normalized spacial score (nSPS) is 16.5. The van der Waals surface area contributed by atoms with E-state index in [1.54, 1.807) is 31.4 Å². The van der Waals surface area contributed by atoms with Crippen molar-refractivity contribution in [3.8, 4) is 22.9 Å². The van der Waals surface area contributed by atoms with Crippen LogP contribution in [0.5, 0.6) is 11.5 Å². The van der Waals surface area contributed by atoms with Gasteiger partial charge < -0.3 is 20.1 Å². The van der Waals surface area contributed by atoms with Crippen LogP contribution in [0.2, 0.25) is 0 Å². The van der Waals surface area contributed by atoms with Crippen LogP contribution in [0.4, 0.5) is 0 Å². The number of carbonyl (C=O) groups is 1. The number of amides is 1. The second-order valence-corrected chi connectivity index (χ2v) is 6.35. The van der Waals surface area contributed by atoms with Crippen molar-refractivity contribution in [2.24, 2.45) is 0 Å². The van der Waals surface area contributed by atoms with Gasteiger partial charge in [0.2, 0.25) is 0 Å². The van der Waals surface area contributed by atoms with Crippen molar-refractivity contribution in [2.45, 2.75) is 12.3 Å². The Morgan fingerprint density at radius 2 is 2.00 bits per heavy atom. The van der Waals surface area contributed by atoms with Gasteiger partial charge in [-0.2, -0.15) is 0 Å². The number of rotatable bonds is 3. The number of nitrogens with one attached hydrogen (secondary N) is 2. The third-order valence-corrected chi connectivity index (χ3v) is 4.66. The number of benzene rings is 2. The van der Waals surface area contributed by atoms with Gasteiger partial charge in [-0.1, -0.05) is 12.1 Å². The van der Waals surface area contributed by atoms with E-state index in [4.69, 9.17) is 4.74 Å². The lowest BCUT2D eigenvalue weighted by atomic mass is 9.94. The van der Waals surface area contributed by atoms with Gasteiger partial charge in [0.1, 0.15) is 23.0 Å². The van der Waals surface area contributed by atoms with E-state index >= 15 is 0 Å². The summed E-state index contributed by atoms with van der Waals surface area (Å²) in [6.45, 7) is 0.546. The highest BCUT2D eigenvalue weighted by Crippen LogP contribution is 2.28. The average Bonchev–Trinajstić information content (AvgIpc) is 3.03. The summed E-state index contributed by atoms with van der Waals surface area (Å²) in [6, 6.07) is 14.6. The summed E-state index contributed by atoms with van der Waals surface area (Å²) in [6.07, 6.45) is 0.673. The lowest BCUT2D eigenvalue weighted by Gasteiger charge is -2.15. The van der Waals surface area contributed by atoms with Gasteiger partial charge >= 0.3 is 0 Å². The van der Waals surface area contributed by atoms with Gasteiger partial charge in [0.25, 0.3) is 5.91 Å². The number of methoxy groups -OCH3 is 1. The second kappa shape index (κ2) is 6.55. The number of H-pyrrole nitrogens is 1. The molecule has 0 spiro atoms. The molecule has 3 aromatic rings. The highest BCUT2D eigenvalue weighted by molar-refractivity contribution is 5.94. The van der Waals surface area contributed by atoms with Crippen LogP contribution in [0.3, 0.4) is 0 Å². The Bertz CT molecular complexity index is 947. The molecule has 6 heteroatoms. The first kappa shape index (κ1) is 16.2. The molecule has 0 saturated carbocycles. The topological polar surface area (TPSA) is 87.2 Å². The number of aromatic hydroxyl groups is 1. The van der Waals surface area contributed by atoms with E-state index in [1.807, 2.05) is 24.3 Å². The predicted molar refractivity (Wildman–Crippen MR) is 97.5 cm³/mol. The molecule has 3 N–H and O–H groups in total. The van der Waals surface area contributed by atoms with Crippen LogP contribution in [0.1, 0.15) is 27.7 Å². The van der Waals surface area contributed by atoms with E-state index in [-0.39, 0.29) is 17.6 Å². The fraction of sp³-hybridized carbons (Fsp3) is 0.200. The largest absolute Gasteiger partial charge is 0.508 e. The highest BCUT2D eigenvalue weighted by atomic mass is 16.5. The van der Waals surface area contributed by atoms with Crippen LogP contribution < -0.4 is 10.1 Å². The molecule has 0 fully saturated rings. The summed E-state index contributed by atoms with van der Waals surface area (Å²) in [5.41, 5.74) is 3.18. The van der Waals surface area contributed by atoms with Crippen molar-refractivity contribution >= 4 is 5.91 Å².